The molecule has 5 heterocycles. The number of anilines is 3. The maximum absolute atomic E-state index is 13.1. The number of carbonyl (C=O) groups is 1. The van der Waals surface area contributed by atoms with Gasteiger partial charge in [-0.25, -0.2) is 19.9 Å². The van der Waals surface area contributed by atoms with Crippen LogP contribution in [-0.4, -0.2) is 42.0 Å². The molecule has 1 aromatic carbocycles. The highest BCUT2D eigenvalue weighted by atomic mass is 19.4. The Balaban J connectivity index is 1.28. The highest BCUT2D eigenvalue weighted by molar-refractivity contribution is 6.04. The summed E-state index contributed by atoms with van der Waals surface area (Å²) in [5.74, 6) is -0.225. The predicted molar refractivity (Wildman–Crippen MR) is 149 cm³/mol. The smallest absolute Gasteiger partial charge is 0.358 e. The third kappa shape index (κ3) is 5.50. The molecule has 2 N–H and O–H groups in total. The number of imidazole rings is 1. The van der Waals surface area contributed by atoms with Crippen LogP contribution in [0.2, 0.25) is 0 Å². The van der Waals surface area contributed by atoms with E-state index in [4.69, 9.17) is 4.74 Å². The van der Waals surface area contributed by atoms with Gasteiger partial charge in [0.15, 0.2) is 5.65 Å². The van der Waals surface area contributed by atoms with E-state index in [1.54, 1.807) is 36.8 Å². The van der Waals surface area contributed by atoms with Crippen LogP contribution in [0.15, 0.2) is 67.6 Å². The highest BCUT2D eigenvalue weighted by Gasteiger charge is 2.31. The van der Waals surface area contributed by atoms with Gasteiger partial charge < -0.3 is 15.4 Å². The van der Waals surface area contributed by atoms with Crippen molar-refractivity contribution in [2.24, 2.45) is 0 Å². The fourth-order valence-electron chi connectivity index (χ4n) is 4.78. The van der Waals surface area contributed by atoms with Crippen LogP contribution in [0.3, 0.4) is 0 Å². The molecule has 5 aromatic rings. The van der Waals surface area contributed by atoms with Gasteiger partial charge >= 0.3 is 6.18 Å². The molecular weight excluding hydrogens is 549 g/mol. The van der Waals surface area contributed by atoms with Crippen LogP contribution in [0.25, 0.3) is 22.4 Å². The van der Waals surface area contributed by atoms with Crippen LogP contribution >= 0.6 is 0 Å². The molecule has 0 bridgehead atoms. The average Bonchev–Trinajstić information content (AvgIpc) is 3.44. The second kappa shape index (κ2) is 11.2. The van der Waals surface area contributed by atoms with Crippen molar-refractivity contribution in [1.29, 1.82) is 0 Å². The number of fused-ring (bicyclic) bond motifs is 1. The highest BCUT2D eigenvalue weighted by Crippen LogP contribution is 2.34. The molecule has 10 nitrogen and oxygen atoms in total. The maximum atomic E-state index is 13.1. The van der Waals surface area contributed by atoms with Gasteiger partial charge in [0.05, 0.1) is 17.5 Å². The van der Waals surface area contributed by atoms with Gasteiger partial charge in [-0.1, -0.05) is 6.07 Å². The molecule has 4 aromatic heterocycles. The largest absolute Gasteiger partial charge is 0.417 e. The van der Waals surface area contributed by atoms with Crippen LogP contribution in [0, 0.1) is 6.92 Å². The molecule has 1 aliphatic heterocycles. The van der Waals surface area contributed by atoms with Crippen molar-refractivity contribution in [2.75, 3.05) is 17.2 Å². The molecule has 13 heteroatoms. The Morgan fingerprint density at radius 2 is 1.95 bits per heavy atom. The minimum Gasteiger partial charge on any atom is -0.358 e. The van der Waals surface area contributed by atoms with Gasteiger partial charge in [0.2, 0.25) is 0 Å². The molecule has 0 aliphatic carbocycles. The SMILES string of the molecule is Cc1ccc(NC(=O)c2cncc(C(F)(F)F)c2)cc1Nc1ncccc1-c1ncnc2c1ncn2C1CCCCO1. The lowest BCUT2D eigenvalue weighted by atomic mass is 10.1. The quantitative estimate of drug-likeness (QED) is 0.242. The van der Waals surface area contributed by atoms with Crippen molar-refractivity contribution in [2.45, 2.75) is 38.6 Å². The summed E-state index contributed by atoms with van der Waals surface area (Å²) in [7, 11) is 0. The fraction of sp³-hybridized carbons (Fsp3) is 0.241. The van der Waals surface area contributed by atoms with E-state index in [2.05, 4.69) is 35.6 Å². The van der Waals surface area contributed by atoms with E-state index in [1.807, 2.05) is 17.6 Å². The van der Waals surface area contributed by atoms with Crippen molar-refractivity contribution in [3.8, 4) is 11.3 Å². The van der Waals surface area contributed by atoms with Crippen LogP contribution in [0.1, 0.15) is 47.0 Å². The molecule has 214 valence electrons. The summed E-state index contributed by atoms with van der Waals surface area (Å²) in [4.78, 5) is 34.5. The molecular formula is C29H25F3N8O2. The minimum atomic E-state index is -4.61. The molecule has 1 fully saturated rings. The van der Waals surface area contributed by atoms with E-state index in [0.29, 0.717) is 52.4 Å². The molecule has 0 spiro atoms. The van der Waals surface area contributed by atoms with Crippen molar-refractivity contribution < 1.29 is 22.7 Å². The zero-order valence-electron chi connectivity index (χ0n) is 22.4. The lowest BCUT2D eigenvalue weighted by molar-refractivity contribution is -0.137. The Hall–Kier alpha value is -4.91. The Bertz CT molecular complexity index is 1770. The first kappa shape index (κ1) is 27.3. The number of halogens is 3. The van der Waals surface area contributed by atoms with Gasteiger partial charge in [-0.3, -0.25) is 14.3 Å². The van der Waals surface area contributed by atoms with Crippen molar-refractivity contribution in [3.63, 3.8) is 0 Å². The second-order valence-corrected chi connectivity index (χ2v) is 9.84. The molecule has 42 heavy (non-hydrogen) atoms. The third-order valence-corrected chi connectivity index (χ3v) is 6.96. The molecule has 1 amide bonds. The van der Waals surface area contributed by atoms with Gasteiger partial charge in [0.1, 0.15) is 29.6 Å². The Morgan fingerprint density at radius 3 is 2.76 bits per heavy atom. The zero-order valence-corrected chi connectivity index (χ0v) is 22.4. The number of ether oxygens (including phenoxy) is 1. The van der Waals surface area contributed by atoms with Crippen LogP contribution in [0.4, 0.5) is 30.4 Å². The van der Waals surface area contributed by atoms with Gasteiger partial charge in [0.25, 0.3) is 5.91 Å². The molecule has 1 unspecified atom stereocenters. The predicted octanol–water partition coefficient (Wildman–Crippen LogP) is 6.31. The molecule has 0 saturated carbocycles. The lowest BCUT2D eigenvalue weighted by Gasteiger charge is -2.23. The first-order valence-corrected chi connectivity index (χ1v) is 13.2. The Morgan fingerprint density at radius 1 is 1.07 bits per heavy atom. The summed E-state index contributed by atoms with van der Waals surface area (Å²) in [5.41, 5.74) is 3.17. The zero-order chi connectivity index (χ0) is 29.3. The van der Waals surface area contributed by atoms with E-state index in [1.165, 1.54) is 6.33 Å². The molecule has 1 saturated heterocycles. The number of aromatic nitrogens is 6. The third-order valence-electron chi connectivity index (χ3n) is 6.96. The van der Waals surface area contributed by atoms with Crippen molar-refractivity contribution in [3.05, 3.63) is 84.3 Å². The number of nitrogens with one attached hydrogen (secondary N) is 2. The van der Waals surface area contributed by atoms with E-state index < -0.39 is 17.6 Å². The minimum absolute atomic E-state index is 0.134. The fourth-order valence-corrected chi connectivity index (χ4v) is 4.78. The average molecular weight is 575 g/mol. The summed E-state index contributed by atoms with van der Waals surface area (Å²) in [6.07, 6.45) is 4.83. The monoisotopic (exact) mass is 574 g/mol. The first-order valence-electron chi connectivity index (χ1n) is 13.2. The number of carbonyl (C=O) groups excluding carboxylic acids is 1. The Kier molecular flexibility index (Phi) is 7.25. The number of alkyl halides is 3. The number of hydrogen-bond donors (Lipinski definition) is 2. The van der Waals surface area contributed by atoms with Crippen LogP contribution in [0.5, 0.6) is 0 Å². The maximum Gasteiger partial charge on any atom is 0.417 e. The summed E-state index contributed by atoms with van der Waals surface area (Å²) >= 11 is 0. The van der Waals surface area contributed by atoms with E-state index in [0.717, 1.165) is 37.1 Å². The number of amides is 1. The number of hydrogen-bond acceptors (Lipinski definition) is 8. The van der Waals surface area contributed by atoms with Crippen molar-refractivity contribution in [1.82, 2.24) is 29.5 Å². The van der Waals surface area contributed by atoms with E-state index in [9.17, 15) is 18.0 Å². The summed E-state index contributed by atoms with van der Waals surface area (Å²) in [6.45, 7) is 2.57. The first-order chi connectivity index (χ1) is 20.3. The van der Waals surface area contributed by atoms with Gasteiger partial charge in [-0.05, 0) is 62.1 Å². The number of aryl methyl sites for hydroxylation is 1. The van der Waals surface area contributed by atoms with Gasteiger partial charge in [0, 0.05) is 42.1 Å². The number of nitrogens with zero attached hydrogens (tertiary/aromatic N) is 6. The topological polar surface area (TPSA) is 120 Å². The molecule has 0 radical (unpaired) electrons. The standard InChI is InChI=1S/C29H25F3N8O2/c1-17-7-8-20(38-28(41)18-11-19(14-33-13-18)29(30,31)32)12-22(17)39-26-21(5-4-9-34-26)24-25-27(36-15-35-24)40(16-37-25)23-6-2-3-10-42-23/h4-5,7-9,11-16,23H,2-3,6,10H2,1H3,(H,34,39)(H,38,41). The number of rotatable bonds is 6. The van der Waals surface area contributed by atoms with Crippen molar-refractivity contribution >= 4 is 34.3 Å². The normalized spacial score (nSPS) is 15.5. The van der Waals surface area contributed by atoms with Gasteiger partial charge in [-0.15, -0.1) is 0 Å². The molecule has 6 rings (SSSR count). The second-order valence-electron chi connectivity index (χ2n) is 9.84. The van der Waals surface area contributed by atoms with Gasteiger partial charge in [-0.2, -0.15) is 13.2 Å². The summed E-state index contributed by atoms with van der Waals surface area (Å²) < 4.78 is 47.1. The number of pyridine rings is 2. The van der Waals surface area contributed by atoms with Crippen LogP contribution in [-0.2, 0) is 10.9 Å². The Labute approximate surface area is 238 Å². The molecule has 1 atom stereocenters. The van der Waals surface area contributed by atoms with Crippen LogP contribution < -0.4 is 10.6 Å². The summed E-state index contributed by atoms with van der Waals surface area (Å²) in [6, 6.07) is 9.54. The van der Waals surface area contributed by atoms with E-state index >= 15 is 0 Å². The van der Waals surface area contributed by atoms with E-state index in [-0.39, 0.29) is 11.8 Å². The molecule has 1 aliphatic rings. The lowest BCUT2D eigenvalue weighted by Crippen LogP contribution is -2.17. The number of benzene rings is 1. The summed E-state index contributed by atoms with van der Waals surface area (Å²) in [5, 5.41) is 5.96.